The molecule has 0 aliphatic rings. The van der Waals surface area contributed by atoms with Gasteiger partial charge in [-0.25, -0.2) is 4.52 Å². The minimum absolute atomic E-state index is 0.138. The van der Waals surface area contributed by atoms with Gasteiger partial charge in [-0.1, -0.05) is 44.5 Å². The second-order valence-electron chi connectivity index (χ2n) is 7.99. The number of halogens is 1. The van der Waals surface area contributed by atoms with Crippen LogP contribution >= 0.6 is 23.5 Å². The average Bonchev–Trinajstić information content (AvgIpc) is 3.20. The second-order valence-corrected chi connectivity index (χ2v) is 9.27. The zero-order valence-corrected chi connectivity index (χ0v) is 18.9. The summed E-state index contributed by atoms with van der Waals surface area (Å²) in [5.41, 5.74) is 3.91. The Morgan fingerprint density at radius 2 is 1.80 bits per heavy atom. The minimum Gasteiger partial charge on any atom is -0.495 e. The van der Waals surface area contributed by atoms with E-state index in [0.29, 0.717) is 10.8 Å². The fraction of sp³-hybridized carbons (Fsp3) is 0.217. The third-order valence-electron chi connectivity index (χ3n) is 4.81. The summed E-state index contributed by atoms with van der Waals surface area (Å²) < 4.78 is 10.5. The predicted molar refractivity (Wildman–Crippen MR) is 125 cm³/mol. The summed E-state index contributed by atoms with van der Waals surface area (Å²) in [7, 11) is 1.62. The maximum atomic E-state index is 6.43. The van der Waals surface area contributed by atoms with Gasteiger partial charge in [0.1, 0.15) is 11.6 Å². The quantitative estimate of drug-likeness (QED) is 0.361. The normalized spacial score (nSPS) is 11.6. The van der Waals surface area contributed by atoms with Gasteiger partial charge in [0, 0.05) is 16.7 Å². The van der Waals surface area contributed by atoms with Crippen LogP contribution in [0.4, 0.5) is 5.82 Å². The molecule has 3 heterocycles. The van der Waals surface area contributed by atoms with Crippen molar-refractivity contribution in [1.29, 1.82) is 0 Å². The number of pyridine rings is 2. The highest BCUT2D eigenvalue weighted by molar-refractivity contribution is 8.00. The van der Waals surface area contributed by atoms with Crippen LogP contribution in [-0.2, 0) is 5.41 Å². The molecular formula is C23H23ClN4OS. The molecule has 0 unspecified atom stereocenters. The smallest absolute Gasteiger partial charge is 0.138 e. The highest BCUT2D eigenvalue weighted by Gasteiger charge is 2.14. The van der Waals surface area contributed by atoms with E-state index in [9.17, 15) is 0 Å². The Hall–Kier alpha value is -2.70. The highest BCUT2D eigenvalue weighted by Crippen LogP contribution is 2.31. The molecule has 7 heteroatoms. The van der Waals surface area contributed by atoms with Crippen LogP contribution in [0.3, 0.4) is 0 Å². The number of nitrogens with one attached hydrogen (secondary N) is 1. The lowest BCUT2D eigenvalue weighted by atomic mass is 9.87. The molecule has 0 fully saturated rings. The van der Waals surface area contributed by atoms with Crippen LogP contribution in [0.5, 0.6) is 5.75 Å². The van der Waals surface area contributed by atoms with E-state index in [-0.39, 0.29) is 5.41 Å². The van der Waals surface area contributed by atoms with E-state index in [0.717, 1.165) is 27.5 Å². The zero-order chi connectivity index (χ0) is 21.3. The highest BCUT2D eigenvalue weighted by atomic mass is 35.5. The van der Waals surface area contributed by atoms with Gasteiger partial charge in [0.05, 0.1) is 29.5 Å². The molecule has 1 N–H and O–H groups in total. The van der Waals surface area contributed by atoms with Crippen LogP contribution in [0.1, 0.15) is 26.3 Å². The molecule has 0 atom stereocenters. The summed E-state index contributed by atoms with van der Waals surface area (Å²) in [4.78, 5) is 5.34. The number of methoxy groups -OCH3 is 1. The van der Waals surface area contributed by atoms with Crippen LogP contribution in [-0.4, -0.2) is 21.7 Å². The van der Waals surface area contributed by atoms with Crippen LogP contribution in [0.15, 0.2) is 65.8 Å². The van der Waals surface area contributed by atoms with Crippen LogP contribution in [0, 0.1) is 0 Å². The van der Waals surface area contributed by atoms with Crippen molar-refractivity contribution in [1.82, 2.24) is 14.6 Å². The summed E-state index contributed by atoms with van der Waals surface area (Å²) in [6.45, 7) is 6.64. The van der Waals surface area contributed by atoms with Crippen molar-refractivity contribution in [3.05, 3.63) is 71.5 Å². The Morgan fingerprint density at radius 1 is 1.03 bits per heavy atom. The predicted octanol–water partition coefficient (Wildman–Crippen LogP) is 6.48. The number of hydrogen-bond donors (Lipinski definition) is 1. The van der Waals surface area contributed by atoms with Crippen molar-refractivity contribution >= 4 is 34.9 Å². The number of anilines is 1. The van der Waals surface area contributed by atoms with Crippen LogP contribution < -0.4 is 9.46 Å². The molecule has 154 valence electrons. The number of nitrogens with zero attached hydrogens (tertiary/aromatic N) is 3. The van der Waals surface area contributed by atoms with Crippen molar-refractivity contribution in [2.75, 3.05) is 11.8 Å². The third kappa shape index (κ3) is 4.25. The van der Waals surface area contributed by atoms with E-state index >= 15 is 0 Å². The number of rotatable bonds is 5. The summed E-state index contributed by atoms with van der Waals surface area (Å²) in [6.07, 6.45) is 3.43. The molecular weight excluding hydrogens is 416 g/mol. The Bertz CT molecular complexity index is 1180. The molecule has 30 heavy (non-hydrogen) atoms. The van der Waals surface area contributed by atoms with E-state index in [2.05, 4.69) is 54.7 Å². The monoisotopic (exact) mass is 438 g/mol. The van der Waals surface area contributed by atoms with Gasteiger partial charge in [-0.2, -0.15) is 5.10 Å². The molecule has 0 aliphatic carbocycles. The van der Waals surface area contributed by atoms with Gasteiger partial charge in [0.15, 0.2) is 0 Å². The lowest BCUT2D eigenvalue weighted by molar-refractivity contribution is 0.413. The minimum atomic E-state index is 0.138. The van der Waals surface area contributed by atoms with Crippen molar-refractivity contribution in [3.8, 4) is 17.0 Å². The molecule has 0 amide bonds. The van der Waals surface area contributed by atoms with Gasteiger partial charge in [0.25, 0.3) is 0 Å². The van der Waals surface area contributed by atoms with Crippen molar-refractivity contribution < 1.29 is 4.74 Å². The third-order valence-corrected chi connectivity index (χ3v) is 5.95. The van der Waals surface area contributed by atoms with E-state index in [1.165, 1.54) is 17.5 Å². The molecule has 0 saturated carbocycles. The molecule has 0 spiro atoms. The van der Waals surface area contributed by atoms with E-state index in [1.54, 1.807) is 19.5 Å². The number of aromatic nitrogens is 3. The number of fused-ring (bicyclic) bond motifs is 1. The Kier molecular flexibility index (Phi) is 5.62. The fourth-order valence-electron chi connectivity index (χ4n) is 3.07. The first-order valence-corrected chi connectivity index (χ1v) is 10.8. The molecule has 4 aromatic rings. The molecule has 4 rings (SSSR count). The molecule has 0 radical (unpaired) electrons. The molecule has 3 aromatic heterocycles. The standard InChI is InChI=1S/C23H23ClN4OS/c1-23(2,3)16-5-7-18(8-6-16)30-27-22-10-9-19(24)21-12-20(26-28(21)22)15-11-17(29-4)14-25-13-15/h5-14,27H,1-4H3. The molecule has 0 aliphatic heterocycles. The van der Waals surface area contributed by atoms with Gasteiger partial charge >= 0.3 is 0 Å². The van der Waals surface area contributed by atoms with E-state index in [4.69, 9.17) is 21.4 Å². The molecule has 0 saturated heterocycles. The van der Waals surface area contributed by atoms with Crippen molar-refractivity contribution in [2.45, 2.75) is 31.1 Å². The van der Waals surface area contributed by atoms with Gasteiger partial charge in [-0.3, -0.25) is 4.98 Å². The van der Waals surface area contributed by atoms with E-state index in [1.807, 2.05) is 28.8 Å². The first-order chi connectivity index (χ1) is 14.3. The Balaban J connectivity index is 1.61. The van der Waals surface area contributed by atoms with Crippen molar-refractivity contribution in [3.63, 3.8) is 0 Å². The molecule has 5 nitrogen and oxygen atoms in total. The zero-order valence-electron chi connectivity index (χ0n) is 17.3. The second kappa shape index (κ2) is 8.20. The SMILES string of the molecule is COc1cncc(-c2cc3c(Cl)ccc(NSc4ccc(C(C)(C)C)cc4)n3n2)c1. The van der Waals surface area contributed by atoms with Gasteiger partial charge in [-0.05, 0) is 59.3 Å². The first kappa shape index (κ1) is 20.6. The van der Waals surface area contributed by atoms with Gasteiger partial charge in [-0.15, -0.1) is 0 Å². The maximum Gasteiger partial charge on any atom is 0.138 e. The lowest BCUT2D eigenvalue weighted by Gasteiger charge is -2.19. The number of benzene rings is 1. The summed E-state index contributed by atoms with van der Waals surface area (Å²) in [5.74, 6) is 1.52. The maximum absolute atomic E-state index is 6.43. The van der Waals surface area contributed by atoms with Crippen LogP contribution in [0.25, 0.3) is 16.8 Å². The summed E-state index contributed by atoms with van der Waals surface area (Å²) in [5, 5.41) is 5.37. The lowest BCUT2D eigenvalue weighted by Crippen LogP contribution is -2.10. The Labute approximate surface area is 185 Å². The Morgan fingerprint density at radius 3 is 2.50 bits per heavy atom. The first-order valence-electron chi connectivity index (χ1n) is 9.56. The summed E-state index contributed by atoms with van der Waals surface area (Å²) in [6, 6.07) is 16.2. The molecule has 1 aromatic carbocycles. The largest absolute Gasteiger partial charge is 0.495 e. The fourth-order valence-corrected chi connectivity index (χ4v) is 3.91. The van der Waals surface area contributed by atoms with E-state index < -0.39 is 0 Å². The number of ether oxygens (including phenoxy) is 1. The van der Waals surface area contributed by atoms with Crippen molar-refractivity contribution in [2.24, 2.45) is 0 Å². The number of hydrogen-bond acceptors (Lipinski definition) is 5. The topological polar surface area (TPSA) is 51.5 Å². The molecule has 0 bridgehead atoms. The average molecular weight is 439 g/mol. The van der Waals surface area contributed by atoms with Crippen LogP contribution in [0.2, 0.25) is 5.02 Å². The van der Waals surface area contributed by atoms with Gasteiger partial charge in [0.2, 0.25) is 0 Å². The van der Waals surface area contributed by atoms with Gasteiger partial charge < -0.3 is 9.46 Å². The summed E-state index contributed by atoms with van der Waals surface area (Å²) >= 11 is 7.97.